The SMILES string of the molecule is CC(=O)OC1(Cn2nnc(-c3ccccc3Cc3ccc(C(F)(F)F)cc3)n2)CN(C(C)=O)C1. The van der Waals surface area contributed by atoms with E-state index >= 15 is 0 Å². The van der Waals surface area contributed by atoms with Crippen molar-refractivity contribution in [3.05, 3.63) is 65.2 Å². The van der Waals surface area contributed by atoms with Gasteiger partial charge in [0, 0.05) is 19.4 Å². The number of carbonyl (C=O) groups is 2. The molecule has 8 nitrogen and oxygen atoms in total. The Hall–Kier alpha value is -3.76. The van der Waals surface area contributed by atoms with Gasteiger partial charge in [-0.25, -0.2) is 0 Å². The molecule has 0 N–H and O–H groups in total. The number of esters is 1. The Morgan fingerprint density at radius 2 is 1.74 bits per heavy atom. The zero-order valence-corrected chi connectivity index (χ0v) is 18.5. The molecule has 1 aromatic heterocycles. The highest BCUT2D eigenvalue weighted by Crippen LogP contribution is 2.30. The fourth-order valence-electron chi connectivity index (χ4n) is 3.97. The van der Waals surface area contributed by atoms with E-state index in [1.807, 2.05) is 24.3 Å². The van der Waals surface area contributed by atoms with Crippen LogP contribution in [0.15, 0.2) is 48.5 Å². The summed E-state index contributed by atoms with van der Waals surface area (Å²) in [4.78, 5) is 26.0. The van der Waals surface area contributed by atoms with Gasteiger partial charge in [0.05, 0.1) is 18.7 Å². The van der Waals surface area contributed by atoms with Crippen LogP contribution in [0.3, 0.4) is 0 Å². The topological polar surface area (TPSA) is 90.2 Å². The number of amides is 1. The number of nitrogens with zero attached hydrogens (tertiary/aromatic N) is 5. The molecule has 0 bridgehead atoms. The van der Waals surface area contributed by atoms with Gasteiger partial charge >= 0.3 is 12.1 Å². The van der Waals surface area contributed by atoms with Crippen molar-refractivity contribution < 1.29 is 27.5 Å². The van der Waals surface area contributed by atoms with Gasteiger partial charge < -0.3 is 9.64 Å². The molecule has 4 rings (SSSR count). The van der Waals surface area contributed by atoms with Crippen molar-refractivity contribution in [3.63, 3.8) is 0 Å². The third kappa shape index (κ3) is 5.08. The van der Waals surface area contributed by atoms with Gasteiger partial charge in [-0.05, 0) is 34.9 Å². The molecule has 0 unspecified atom stereocenters. The Morgan fingerprint density at radius 1 is 1.06 bits per heavy atom. The fraction of sp³-hybridized carbons (Fsp3) is 0.348. The number of likely N-dealkylation sites (tertiary alicyclic amines) is 1. The first-order valence-corrected chi connectivity index (χ1v) is 10.5. The van der Waals surface area contributed by atoms with Crippen molar-refractivity contribution in [1.82, 2.24) is 25.1 Å². The van der Waals surface area contributed by atoms with Crippen LogP contribution >= 0.6 is 0 Å². The van der Waals surface area contributed by atoms with Crippen molar-refractivity contribution in [2.45, 2.75) is 38.6 Å². The maximum Gasteiger partial charge on any atom is 0.416 e. The average molecular weight is 473 g/mol. The summed E-state index contributed by atoms with van der Waals surface area (Å²) in [7, 11) is 0. The molecule has 1 saturated heterocycles. The molecule has 3 aromatic rings. The number of tetrazole rings is 1. The first-order chi connectivity index (χ1) is 16.0. The summed E-state index contributed by atoms with van der Waals surface area (Å²) in [5, 5.41) is 12.6. The van der Waals surface area contributed by atoms with Crippen LogP contribution in [0, 0.1) is 0 Å². The van der Waals surface area contributed by atoms with Crippen molar-refractivity contribution in [3.8, 4) is 11.4 Å². The highest BCUT2D eigenvalue weighted by molar-refractivity contribution is 5.75. The molecule has 2 heterocycles. The van der Waals surface area contributed by atoms with E-state index in [4.69, 9.17) is 4.74 Å². The van der Waals surface area contributed by atoms with E-state index in [0.717, 1.165) is 17.7 Å². The summed E-state index contributed by atoms with van der Waals surface area (Å²) >= 11 is 0. The van der Waals surface area contributed by atoms with Crippen LogP contribution in [0.25, 0.3) is 11.4 Å². The van der Waals surface area contributed by atoms with Gasteiger partial charge in [0.1, 0.15) is 6.54 Å². The number of ether oxygens (including phenoxy) is 1. The summed E-state index contributed by atoms with van der Waals surface area (Å²) in [6, 6.07) is 12.3. The molecule has 1 fully saturated rings. The molecule has 0 spiro atoms. The zero-order chi connectivity index (χ0) is 24.5. The number of benzene rings is 2. The average Bonchev–Trinajstić information content (AvgIpc) is 3.19. The highest BCUT2D eigenvalue weighted by atomic mass is 19.4. The predicted molar refractivity (Wildman–Crippen MR) is 114 cm³/mol. The molecule has 1 aliphatic rings. The second kappa shape index (κ2) is 8.88. The van der Waals surface area contributed by atoms with Gasteiger partial charge in [-0.3, -0.25) is 9.59 Å². The number of carbonyl (C=O) groups excluding carboxylic acids is 2. The van der Waals surface area contributed by atoms with Crippen LogP contribution in [-0.4, -0.2) is 55.7 Å². The van der Waals surface area contributed by atoms with Crippen LogP contribution in [0.1, 0.15) is 30.5 Å². The normalized spacial score (nSPS) is 15.0. The van der Waals surface area contributed by atoms with Crippen LogP contribution < -0.4 is 0 Å². The minimum atomic E-state index is -4.38. The lowest BCUT2D eigenvalue weighted by Crippen LogP contribution is -2.66. The van der Waals surface area contributed by atoms with E-state index in [2.05, 4.69) is 15.4 Å². The van der Waals surface area contributed by atoms with E-state index < -0.39 is 23.3 Å². The van der Waals surface area contributed by atoms with E-state index in [9.17, 15) is 22.8 Å². The number of alkyl halides is 3. The lowest BCUT2D eigenvalue weighted by molar-refractivity contribution is -0.187. The zero-order valence-electron chi connectivity index (χ0n) is 18.5. The number of rotatable bonds is 6. The minimum Gasteiger partial charge on any atom is -0.453 e. The molecular formula is C23H22F3N5O3. The Bertz CT molecular complexity index is 1200. The molecule has 0 aliphatic carbocycles. The Morgan fingerprint density at radius 3 is 2.35 bits per heavy atom. The molecular weight excluding hydrogens is 451 g/mol. The van der Waals surface area contributed by atoms with Gasteiger partial charge in [0.2, 0.25) is 11.7 Å². The maximum atomic E-state index is 12.8. The molecule has 1 aliphatic heterocycles. The van der Waals surface area contributed by atoms with Crippen molar-refractivity contribution in [2.24, 2.45) is 0 Å². The number of aromatic nitrogens is 4. The van der Waals surface area contributed by atoms with Gasteiger partial charge in [0.15, 0.2) is 5.60 Å². The quantitative estimate of drug-likeness (QED) is 0.511. The van der Waals surface area contributed by atoms with E-state index in [0.29, 0.717) is 23.4 Å². The second-order valence-electron chi connectivity index (χ2n) is 8.32. The van der Waals surface area contributed by atoms with Crippen LogP contribution in [0.2, 0.25) is 0 Å². The Kier molecular flexibility index (Phi) is 6.11. The van der Waals surface area contributed by atoms with Crippen molar-refractivity contribution >= 4 is 11.9 Å². The first-order valence-electron chi connectivity index (χ1n) is 10.5. The number of hydrogen-bond acceptors (Lipinski definition) is 6. The Balaban J connectivity index is 1.53. The van der Waals surface area contributed by atoms with Crippen molar-refractivity contribution in [1.29, 1.82) is 0 Å². The Labute approximate surface area is 193 Å². The maximum absolute atomic E-state index is 12.8. The highest BCUT2D eigenvalue weighted by Gasteiger charge is 2.48. The number of halogens is 3. The van der Waals surface area contributed by atoms with Crippen LogP contribution in [0.5, 0.6) is 0 Å². The lowest BCUT2D eigenvalue weighted by atomic mass is 9.93. The van der Waals surface area contributed by atoms with Gasteiger partial charge in [0.25, 0.3) is 0 Å². The van der Waals surface area contributed by atoms with E-state index in [1.54, 1.807) is 4.90 Å². The fourth-order valence-corrected chi connectivity index (χ4v) is 3.97. The molecule has 0 atom stereocenters. The molecule has 0 radical (unpaired) electrons. The third-order valence-corrected chi connectivity index (χ3v) is 5.58. The largest absolute Gasteiger partial charge is 0.453 e. The molecule has 2 aromatic carbocycles. The molecule has 34 heavy (non-hydrogen) atoms. The summed E-state index contributed by atoms with van der Waals surface area (Å²) in [6.45, 7) is 3.35. The molecule has 178 valence electrons. The summed E-state index contributed by atoms with van der Waals surface area (Å²) in [5.41, 5.74) is 0.600. The third-order valence-electron chi connectivity index (χ3n) is 5.58. The molecule has 11 heteroatoms. The minimum absolute atomic E-state index is 0.118. The van der Waals surface area contributed by atoms with Gasteiger partial charge in [-0.1, -0.05) is 36.4 Å². The monoisotopic (exact) mass is 473 g/mol. The van der Waals surface area contributed by atoms with Crippen LogP contribution in [-0.2, 0) is 33.5 Å². The smallest absolute Gasteiger partial charge is 0.416 e. The standard InChI is InChI=1S/C23H22F3N5O3/c1-15(32)30-12-22(13-30,34-16(2)33)14-31-28-21(27-29-31)20-6-4-3-5-18(20)11-17-7-9-19(10-8-17)23(24,25)26/h3-10H,11-14H2,1-2H3. The van der Waals surface area contributed by atoms with Crippen LogP contribution in [0.4, 0.5) is 13.2 Å². The lowest BCUT2D eigenvalue weighted by Gasteiger charge is -2.47. The first kappa shape index (κ1) is 23.4. The van der Waals surface area contributed by atoms with Crippen molar-refractivity contribution in [2.75, 3.05) is 13.1 Å². The molecule has 1 amide bonds. The van der Waals surface area contributed by atoms with E-state index in [1.165, 1.54) is 30.8 Å². The van der Waals surface area contributed by atoms with Gasteiger partial charge in [-0.15, -0.1) is 10.2 Å². The molecule has 0 saturated carbocycles. The summed E-state index contributed by atoms with van der Waals surface area (Å²) < 4.78 is 44.0. The van der Waals surface area contributed by atoms with E-state index in [-0.39, 0.29) is 25.5 Å². The van der Waals surface area contributed by atoms with Gasteiger partial charge in [-0.2, -0.15) is 18.0 Å². The predicted octanol–water partition coefficient (Wildman–Crippen LogP) is 3.11. The summed E-state index contributed by atoms with van der Waals surface area (Å²) in [6.07, 6.45) is -4.00. The number of hydrogen-bond donors (Lipinski definition) is 0. The second-order valence-corrected chi connectivity index (χ2v) is 8.32. The summed E-state index contributed by atoms with van der Waals surface area (Å²) in [5.74, 6) is -0.249.